The highest BCUT2D eigenvalue weighted by Gasteiger charge is 2.17. The molecule has 2 heterocycles. The molecule has 0 aliphatic carbocycles. The molecule has 1 saturated heterocycles. The predicted molar refractivity (Wildman–Crippen MR) is 108 cm³/mol. The van der Waals surface area contributed by atoms with Crippen LogP contribution >= 0.6 is 0 Å². The van der Waals surface area contributed by atoms with E-state index >= 15 is 0 Å². The summed E-state index contributed by atoms with van der Waals surface area (Å²) in [6.45, 7) is 2.05. The lowest BCUT2D eigenvalue weighted by Gasteiger charge is -2.22. The summed E-state index contributed by atoms with van der Waals surface area (Å²) >= 11 is 0. The molecule has 7 heteroatoms. The van der Waals surface area contributed by atoms with Crippen LogP contribution in [0.15, 0.2) is 60.8 Å². The van der Waals surface area contributed by atoms with Gasteiger partial charge in [0.1, 0.15) is 18.2 Å². The number of hydrogen-bond donors (Lipinski definition) is 2. The highest BCUT2D eigenvalue weighted by atomic mass is 19.1. The first-order chi connectivity index (χ1) is 14.2. The Morgan fingerprint density at radius 1 is 1.21 bits per heavy atom. The Hall–Kier alpha value is -3.19. The normalized spacial score (nSPS) is 16.4. The summed E-state index contributed by atoms with van der Waals surface area (Å²) in [4.78, 5) is 12.5. The summed E-state index contributed by atoms with van der Waals surface area (Å²) in [5, 5.41) is 10.6. The Morgan fingerprint density at radius 2 is 2.03 bits per heavy atom. The molecule has 0 saturated carbocycles. The number of hydrogen-bond acceptors (Lipinski definition) is 4. The van der Waals surface area contributed by atoms with Crippen molar-refractivity contribution in [2.45, 2.75) is 25.5 Å². The molecule has 150 valence electrons. The summed E-state index contributed by atoms with van der Waals surface area (Å²) in [7, 11) is 0. The first-order valence-electron chi connectivity index (χ1n) is 9.72. The predicted octanol–water partition coefficient (Wildman–Crippen LogP) is 3.78. The van der Waals surface area contributed by atoms with Crippen molar-refractivity contribution < 1.29 is 13.9 Å². The minimum absolute atomic E-state index is 0.145. The summed E-state index contributed by atoms with van der Waals surface area (Å²) in [6, 6.07) is 15.5. The molecule has 29 heavy (non-hydrogen) atoms. The number of rotatable bonds is 6. The van der Waals surface area contributed by atoms with Crippen molar-refractivity contribution in [3.8, 4) is 5.75 Å². The number of ether oxygens (including phenoxy) is 1. The van der Waals surface area contributed by atoms with Gasteiger partial charge in [0.2, 0.25) is 0 Å². The van der Waals surface area contributed by atoms with Gasteiger partial charge in [0.15, 0.2) is 5.69 Å². The Balaban J connectivity index is 1.33. The van der Waals surface area contributed by atoms with Crippen molar-refractivity contribution in [3.05, 3.63) is 77.9 Å². The Kier molecular flexibility index (Phi) is 5.86. The Labute approximate surface area is 168 Å². The lowest BCUT2D eigenvalue weighted by Crippen LogP contribution is -2.32. The van der Waals surface area contributed by atoms with Crippen LogP contribution in [-0.4, -0.2) is 28.8 Å². The molecule has 1 unspecified atom stereocenters. The fourth-order valence-electron chi connectivity index (χ4n) is 3.33. The molecule has 3 aromatic rings. The number of aromatic nitrogens is 2. The van der Waals surface area contributed by atoms with Crippen molar-refractivity contribution in [3.63, 3.8) is 0 Å². The fourth-order valence-corrected chi connectivity index (χ4v) is 3.33. The van der Waals surface area contributed by atoms with Crippen molar-refractivity contribution in [2.24, 2.45) is 0 Å². The molecule has 2 aromatic carbocycles. The number of piperidine rings is 1. The van der Waals surface area contributed by atoms with Crippen LogP contribution in [0.1, 0.15) is 34.9 Å². The van der Waals surface area contributed by atoms with E-state index in [2.05, 4.69) is 15.7 Å². The van der Waals surface area contributed by atoms with Crippen LogP contribution in [0.4, 0.5) is 10.1 Å². The van der Waals surface area contributed by atoms with E-state index in [9.17, 15) is 9.18 Å². The molecule has 0 spiro atoms. The molecule has 1 fully saturated rings. The second kappa shape index (κ2) is 8.87. The van der Waals surface area contributed by atoms with Gasteiger partial charge in [-0.25, -0.2) is 4.39 Å². The molecule has 2 N–H and O–H groups in total. The zero-order chi connectivity index (χ0) is 20.1. The average molecular weight is 394 g/mol. The van der Waals surface area contributed by atoms with Gasteiger partial charge in [-0.15, -0.1) is 0 Å². The minimum Gasteiger partial charge on any atom is -0.489 e. The van der Waals surface area contributed by atoms with Gasteiger partial charge >= 0.3 is 0 Å². The van der Waals surface area contributed by atoms with Crippen LogP contribution in [0.2, 0.25) is 0 Å². The third kappa shape index (κ3) is 4.81. The van der Waals surface area contributed by atoms with Crippen LogP contribution in [-0.2, 0) is 6.61 Å². The molecule has 1 aliphatic rings. The molecular weight excluding hydrogens is 371 g/mol. The second-order valence-corrected chi connectivity index (χ2v) is 7.04. The maximum atomic E-state index is 13.6. The highest BCUT2D eigenvalue weighted by molar-refractivity contribution is 6.02. The number of nitrogens with one attached hydrogen (secondary N) is 2. The number of carbonyl (C=O) groups is 1. The zero-order valence-corrected chi connectivity index (χ0v) is 16.0. The third-order valence-corrected chi connectivity index (χ3v) is 4.95. The van der Waals surface area contributed by atoms with Gasteiger partial charge < -0.3 is 15.4 Å². The molecule has 4 rings (SSSR count). The van der Waals surface area contributed by atoms with Gasteiger partial charge in [0.25, 0.3) is 5.91 Å². The van der Waals surface area contributed by atoms with E-state index < -0.39 is 0 Å². The SMILES string of the molecule is O=C(Nc1ccc(OCc2ccccc2F)cc1)c1ccn(C2CCCNC2)n1. The van der Waals surface area contributed by atoms with E-state index in [1.807, 2.05) is 10.9 Å². The molecule has 1 aliphatic heterocycles. The summed E-state index contributed by atoms with van der Waals surface area (Å²) in [5.74, 6) is 0.0488. The summed E-state index contributed by atoms with van der Waals surface area (Å²) < 4.78 is 21.1. The molecule has 1 aromatic heterocycles. The molecule has 1 atom stereocenters. The summed E-state index contributed by atoms with van der Waals surface area (Å²) in [5.41, 5.74) is 1.52. The van der Waals surface area contributed by atoms with Gasteiger partial charge in [-0.3, -0.25) is 9.48 Å². The smallest absolute Gasteiger partial charge is 0.276 e. The minimum atomic E-state index is -0.292. The largest absolute Gasteiger partial charge is 0.489 e. The summed E-state index contributed by atoms with van der Waals surface area (Å²) in [6.07, 6.45) is 4.02. The van der Waals surface area contributed by atoms with Crippen LogP contribution in [0.25, 0.3) is 0 Å². The molecule has 6 nitrogen and oxygen atoms in total. The Bertz CT molecular complexity index is 965. The van der Waals surface area contributed by atoms with E-state index in [-0.39, 0.29) is 24.4 Å². The maximum Gasteiger partial charge on any atom is 0.276 e. The van der Waals surface area contributed by atoms with Crippen LogP contribution in [0, 0.1) is 5.82 Å². The fraction of sp³-hybridized carbons (Fsp3) is 0.273. The lowest BCUT2D eigenvalue weighted by molar-refractivity contribution is 0.102. The number of carbonyl (C=O) groups excluding carboxylic acids is 1. The molecular formula is C22H23FN4O2. The topological polar surface area (TPSA) is 68.2 Å². The van der Waals surface area contributed by atoms with Crippen molar-refractivity contribution in [2.75, 3.05) is 18.4 Å². The zero-order valence-electron chi connectivity index (χ0n) is 16.0. The van der Waals surface area contributed by atoms with Crippen LogP contribution in [0.5, 0.6) is 5.75 Å². The standard InChI is InChI=1S/C22H23FN4O2/c23-20-6-2-1-4-16(20)15-29-19-9-7-17(8-10-19)25-22(28)21-11-13-27(26-21)18-5-3-12-24-14-18/h1-2,4,6-11,13,18,24H,3,5,12,14-15H2,(H,25,28). The van der Waals surface area contributed by atoms with E-state index in [4.69, 9.17) is 4.74 Å². The van der Waals surface area contributed by atoms with Crippen molar-refractivity contribution >= 4 is 11.6 Å². The van der Waals surface area contributed by atoms with Crippen LogP contribution in [0.3, 0.4) is 0 Å². The first-order valence-corrected chi connectivity index (χ1v) is 9.72. The van der Waals surface area contributed by atoms with Gasteiger partial charge in [-0.05, 0) is 55.8 Å². The average Bonchev–Trinajstić information content (AvgIpc) is 3.25. The molecule has 1 amide bonds. The first kappa shape index (κ1) is 19.1. The van der Waals surface area contributed by atoms with Crippen molar-refractivity contribution in [1.82, 2.24) is 15.1 Å². The monoisotopic (exact) mass is 394 g/mol. The van der Waals surface area contributed by atoms with E-state index in [1.165, 1.54) is 6.07 Å². The Morgan fingerprint density at radius 3 is 2.79 bits per heavy atom. The quantitative estimate of drug-likeness (QED) is 0.668. The van der Waals surface area contributed by atoms with Gasteiger partial charge in [-0.1, -0.05) is 18.2 Å². The number of benzene rings is 2. The van der Waals surface area contributed by atoms with Gasteiger partial charge in [0, 0.05) is 24.0 Å². The number of halogens is 1. The highest BCUT2D eigenvalue weighted by Crippen LogP contribution is 2.19. The van der Waals surface area contributed by atoms with E-state index in [0.29, 0.717) is 22.7 Å². The number of nitrogens with zero attached hydrogens (tertiary/aromatic N) is 2. The number of amides is 1. The van der Waals surface area contributed by atoms with Gasteiger partial charge in [-0.2, -0.15) is 5.10 Å². The lowest BCUT2D eigenvalue weighted by atomic mass is 10.1. The second-order valence-electron chi connectivity index (χ2n) is 7.04. The molecule has 0 bridgehead atoms. The molecule has 0 radical (unpaired) electrons. The number of anilines is 1. The van der Waals surface area contributed by atoms with E-state index in [1.54, 1.807) is 48.5 Å². The third-order valence-electron chi connectivity index (χ3n) is 4.95. The van der Waals surface area contributed by atoms with E-state index in [0.717, 1.165) is 25.9 Å². The van der Waals surface area contributed by atoms with Crippen molar-refractivity contribution in [1.29, 1.82) is 0 Å². The van der Waals surface area contributed by atoms with Crippen LogP contribution < -0.4 is 15.4 Å². The van der Waals surface area contributed by atoms with Gasteiger partial charge in [0.05, 0.1) is 6.04 Å². The maximum absolute atomic E-state index is 13.6.